The second-order valence-corrected chi connectivity index (χ2v) is 8.30. The molecule has 1 amide bonds. The second-order valence-electron chi connectivity index (χ2n) is 8.30. The number of Topliss-reactive ketones (excluding diaryl/α,β-unsaturated/α-hetero) is 2. The zero-order chi connectivity index (χ0) is 26.5. The number of methoxy groups -OCH3 is 3. The van der Waals surface area contributed by atoms with Crippen LogP contribution in [0.15, 0.2) is 89.7 Å². The Morgan fingerprint density at radius 1 is 0.838 bits per heavy atom. The van der Waals surface area contributed by atoms with Crippen LogP contribution in [0.1, 0.15) is 22.8 Å². The summed E-state index contributed by atoms with van der Waals surface area (Å²) in [7, 11) is 4.22. The summed E-state index contributed by atoms with van der Waals surface area (Å²) in [6.07, 6.45) is 3.45. The first kappa shape index (κ1) is 25.4. The molecule has 1 N–H and O–H groups in total. The van der Waals surface area contributed by atoms with E-state index in [1.807, 2.05) is 24.3 Å². The van der Waals surface area contributed by atoms with Crippen LogP contribution in [-0.2, 0) is 25.5 Å². The van der Waals surface area contributed by atoms with E-state index in [4.69, 9.17) is 14.2 Å². The number of ketones is 2. The Morgan fingerprint density at radius 3 is 2.11 bits per heavy atom. The third kappa shape index (κ3) is 5.13. The highest BCUT2D eigenvalue weighted by atomic mass is 16.5. The van der Waals surface area contributed by atoms with Gasteiger partial charge in [-0.15, -0.1) is 0 Å². The SMILES string of the molecule is COC1=C(OC)C(=O)C(Cc2ccc(-c3ccncc3)c(C(=O)Nc3ccc(OC)cc3)c2)=C(C)C1=O. The van der Waals surface area contributed by atoms with Gasteiger partial charge in [0.15, 0.2) is 0 Å². The van der Waals surface area contributed by atoms with Gasteiger partial charge in [0.2, 0.25) is 23.1 Å². The van der Waals surface area contributed by atoms with Crippen LogP contribution in [-0.4, -0.2) is 43.8 Å². The molecule has 1 heterocycles. The molecule has 0 saturated carbocycles. The number of rotatable bonds is 8. The van der Waals surface area contributed by atoms with Gasteiger partial charge in [-0.3, -0.25) is 19.4 Å². The standard InChI is InChI=1S/C29H26N2O6/c1-17-23(26(33)28(37-4)27(36-3)25(17)32)15-18-5-10-22(19-11-13-30-14-12-19)24(16-18)29(34)31-20-6-8-21(35-2)9-7-20/h5-14,16H,15H2,1-4H3,(H,31,34). The molecule has 2 aromatic carbocycles. The fraction of sp³-hybridized carbons (Fsp3) is 0.172. The summed E-state index contributed by atoms with van der Waals surface area (Å²) in [5, 5.41) is 2.92. The topological polar surface area (TPSA) is 104 Å². The van der Waals surface area contributed by atoms with E-state index in [1.165, 1.54) is 14.2 Å². The quantitative estimate of drug-likeness (QED) is 0.455. The third-order valence-corrected chi connectivity index (χ3v) is 6.14. The van der Waals surface area contributed by atoms with E-state index >= 15 is 0 Å². The third-order valence-electron chi connectivity index (χ3n) is 6.14. The number of hydrogen-bond acceptors (Lipinski definition) is 7. The Hall–Kier alpha value is -4.72. The van der Waals surface area contributed by atoms with Gasteiger partial charge in [0.25, 0.3) is 5.91 Å². The van der Waals surface area contributed by atoms with Crippen molar-refractivity contribution in [1.29, 1.82) is 0 Å². The lowest BCUT2D eigenvalue weighted by atomic mass is 9.87. The van der Waals surface area contributed by atoms with Crippen molar-refractivity contribution in [3.05, 3.63) is 101 Å². The first-order valence-electron chi connectivity index (χ1n) is 11.5. The zero-order valence-corrected chi connectivity index (χ0v) is 21.0. The molecular weight excluding hydrogens is 472 g/mol. The Kier molecular flexibility index (Phi) is 7.48. The number of hydrogen-bond donors (Lipinski definition) is 1. The van der Waals surface area contributed by atoms with Gasteiger partial charge in [-0.1, -0.05) is 12.1 Å². The average Bonchev–Trinajstić information content (AvgIpc) is 2.93. The Labute approximate surface area is 214 Å². The molecule has 8 nitrogen and oxygen atoms in total. The number of aromatic nitrogens is 1. The molecule has 0 fully saturated rings. The summed E-state index contributed by atoms with van der Waals surface area (Å²) in [6, 6.07) is 16.0. The lowest BCUT2D eigenvalue weighted by Gasteiger charge is -2.21. The summed E-state index contributed by atoms with van der Waals surface area (Å²) >= 11 is 0. The predicted octanol–water partition coefficient (Wildman–Crippen LogP) is 4.52. The van der Waals surface area contributed by atoms with E-state index in [9.17, 15) is 14.4 Å². The number of carbonyl (C=O) groups excluding carboxylic acids is 3. The molecule has 0 radical (unpaired) electrons. The van der Waals surface area contributed by atoms with Crippen LogP contribution >= 0.6 is 0 Å². The number of carbonyl (C=O) groups is 3. The van der Waals surface area contributed by atoms with E-state index in [2.05, 4.69) is 10.3 Å². The number of benzene rings is 2. The maximum atomic E-state index is 13.4. The summed E-state index contributed by atoms with van der Waals surface area (Å²) in [5.41, 5.74) is 3.79. The highest BCUT2D eigenvalue weighted by Gasteiger charge is 2.34. The van der Waals surface area contributed by atoms with E-state index < -0.39 is 11.6 Å². The average molecular weight is 499 g/mol. The number of amides is 1. The van der Waals surface area contributed by atoms with E-state index in [0.29, 0.717) is 33.7 Å². The van der Waals surface area contributed by atoms with Gasteiger partial charge in [0.1, 0.15) is 5.75 Å². The van der Waals surface area contributed by atoms with Gasteiger partial charge in [-0.25, -0.2) is 0 Å². The van der Waals surface area contributed by atoms with E-state index in [-0.39, 0.29) is 29.4 Å². The second kappa shape index (κ2) is 10.9. The molecule has 1 aliphatic rings. The zero-order valence-electron chi connectivity index (χ0n) is 21.0. The molecule has 0 aliphatic heterocycles. The van der Waals surface area contributed by atoms with Crippen LogP contribution in [0, 0.1) is 0 Å². The minimum absolute atomic E-state index is 0.110. The molecule has 1 aliphatic carbocycles. The van der Waals surface area contributed by atoms with Crippen molar-refractivity contribution >= 4 is 23.2 Å². The van der Waals surface area contributed by atoms with Crippen molar-refractivity contribution in [2.45, 2.75) is 13.3 Å². The number of anilines is 1. The first-order chi connectivity index (χ1) is 17.9. The predicted molar refractivity (Wildman–Crippen MR) is 138 cm³/mol. The summed E-state index contributed by atoms with van der Waals surface area (Å²) < 4.78 is 15.5. The van der Waals surface area contributed by atoms with Crippen molar-refractivity contribution in [3.63, 3.8) is 0 Å². The summed E-state index contributed by atoms with van der Waals surface area (Å²) in [4.78, 5) is 43.4. The van der Waals surface area contributed by atoms with Gasteiger partial charge < -0.3 is 19.5 Å². The molecular formula is C29H26N2O6. The van der Waals surface area contributed by atoms with Crippen LogP contribution in [0.3, 0.4) is 0 Å². The largest absolute Gasteiger partial charge is 0.497 e. The first-order valence-corrected chi connectivity index (χ1v) is 11.5. The molecule has 8 heteroatoms. The van der Waals surface area contributed by atoms with Crippen molar-refractivity contribution in [1.82, 2.24) is 4.98 Å². The normalized spacial score (nSPS) is 13.5. The van der Waals surface area contributed by atoms with Gasteiger partial charge >= 0.3 is 0 Å². The minimum Gasteiger partial charge on any atom is -0.497 e. The molecule has 4 rings (SSSR count). The minimum atomic E-state index is -0.418. The fourth-order valence-corrected chi connectivity index (χ4v) is 4.15. The Balaban J connectivity index is 1.72. The maximum Gasteiger partial charge on any atom is 0.256 e. The number of nitrogens with one attached hydrogen (secondary N) is 1. The number of ether oxygens (including phenoxy) is 3. The lowest BCUT2D eigenvalue weighted by Crippen LogP contribution is -2.26. The highest BCUT2D eigenvalue weighted by molar-refractivity contribution is 6.23. The van der Waals surface area contributed by atoms with Gasteiger partial charge in [0, 0.05) is 41.2 Å². The molecule has 0 bridgehead atoms. The van der Waals surface area contributed by atoms with Gasteiger partial charge in [0.05, 0.1) is 21.3 Å². The van der Waals surface area contributed by atoms with Crippen LogP contribution in [0.25, 0.3) is 11.1 Å². The molecule has 3 aromatic rings. The molecule has 188 valence electrons. The van der Waals surface area contributed by atoms with Crippen LogP contribution in [0.4, 0.5) is 5.69 Å². The lowest BCUT2D eigenvalue weighted by molar-refractivity contribution is -0.121. The molecule has 1 aromatic heterocycles. The maximum absolute atomic E-state index is 13.4. The highest BCUT2D eigenvalue weighted by Crippen LogP contribution is 2.30. The van der Waals surface area contributed by atoms with Gasteiger partial charge in [-0.05, 0) is 66.1 Å². The van der Waals surface area contributed by atoms with Crippen LogP contribution in [0.5, 0.6) is 5.75 Å². The van der Waals surface area contributed by atoms with Crippen molar-refractivity contribution in [2.24, 2.45) is 0 Å². The van der Waals surface area contributed by atoms with Crippen LogP contribution < -0.4 is 10.1 Å². The number of pyridine rings is 1. The molecule has 0 spiro atoms. The van der Waals surface area contributed by atoms with Crippen molar-refractivity contribution in [2.75, 3.05) is 26.6 Å². The van der Waals surface area contributed by atoms with E-state index in [1.54, 1.807) is 56.8 Å². The Bertz CT molecular complexity index is 1420. The van der Waals surface area contributed by atoms with Gasteiger partial charge in [-0.2, -0.15) is 0 Å². The smallest absolute Gasteiger partial charge is 0.256 e. The van der Waals surface area contributed by atoms with Crippen molar-refractivity contribution < 1.29 is 28.6 Å². The van der Waals surface area contributed by atoms with Crippen LogP contribution in [0.2, 0.25) is 0 Å². The molecule has 0 unspecified atom stereocenters. The molecule has 37 heavy (non-hydrogen) atoms. The molecule has 0 saturated heterocycles. The monoisotopic (exact) mass is 498 g/mol. The summed E-state index contributed by atoms with van der Waals surface area (Å²) in [6.45, 7) is 1.59. The summed E-state index contributed by atoms with van der Waals surface area (Å²) in [5.74, 6) is -0.706. The fourth-order valence-electron chi connectivity index (χ4n) is 4.15. The Morgan fingerprint density at radius 2 is 1.49 bits per heavy atom. The van der Waals surface area contributed by atoms with E-state index in [0.717, 1.165) is 5.56 Å². The number of nitrogens with zero attached hydrogens (tertiary/aromatic N) is 1. The number of allylic oxidation sites excluding steroid dienone is 2. The van der Waals surface area contributed by atoms with Crippen molar-refractivity contribution in [3.8, 4) is 16.9 Å². The molecule has 0 atom stereocenters.